The summed E-state index contributed by atoms with van der Waals surface area (Å²) in [5.74, 6) is -1.46. The third kappa shape index (κ3) is 7.51. The van der Waals surface area contributed by atoms with Crippen molar-refractivity contribution in [1.82, 2.24) is 10.6 Å². The summed E-state index contributed by atoms with van der Waals surface area (Å²) in [6.45, 7) is 8.91. The van der Waals surface area contributed by atoms with Crippen molar-refractivity contribution in [2.75, 3.05) is 13.7 Å². The lowest BCUT2D eigenvalue weighted by molar-refractivity contribution is -0.150. The molecule has 10 heteroatoms. The highest BCUT2D eigenvalue weighted by Crippen LogP contribution is 2.31. The molecule has 2 bridgehead atoms. The van der Waals surface area contributed by atoms with Gasteiger partial charge in [0.2, 0.25) is 5.91 Å². The Morgan fingerprint density at radius 2 is 1.88 bits per heavy atom. The molecule has 1 saturated heterocycles. The van der Waals surface area contributed by atoms with Crippen LogP contribution in [0.5, 0.6) is 0 Å². The van der Waals surface area contributed by atoms with Crippen LogP contribution in [-0.2, 0) is 33.3 Å². The van der Waals surface area contributed by atoms with Gasteiger partial charge in [0.15, 0.2) is 6.04 Å². The van der Waals surface area contributed by atoms with Gasteiger partial charge in [0, 0.05) is 6.42 Å². The van der Waals surface area contributed by atoms with E-state index in [4.69, 9.17) is 18.9 Å². The van der Waals surface area contributed by atoms with E-state index in [-0.39, 0.29) is 5.92 Å². The number of fused-ring (bicyclic) bond motifs is 2. The lowest BCUT2D eigenvalue weighted by atomic mass is 9.89. The second-order valence-electron chi connectivity index (χ2n) is 9.24. The highest BCUT2D eigenvalue weighted by molar-refractivity contribution is 5.92. The van der Waals surface area contributed by atoms with Crippen molar-refractivity contribution < 1.29 is 38.1 Å². The Balaban J connectivity index is 2.32. The molecule has 10 nitrogen and oxygen atoms in total. The lowest BCUT2D eigenvalue weighted by Crippen LogP contribution is -2.56. The average molecular weight is 455 g/mol. The Bertz CT molecular complexity index is 770. The zero-order valence-corrected chi connectivity index (χ0v) is 19.6. The van der Waals surface area contributed by atoms with Crippen LogP contribution >= 0.6 is 0 Å². The molecule has 4 atom stereocenters. The molecule has 0 saturated carbocycles. The molecule has 180 valence electrons. The highest BCUT2D eigenvalue weighted by atomic mass is 16.6. The molecule has 1 fully saturated rings. The van der Waals surface area contributed by atoms with Crippen LogP contribution in [0.1, 0.15) is 60.3 Å². The van der Waals surface area contributed by atoms with Crippen molar-refractivity contribution in [2.24, 2.45) is 5.92 Å². The van der Waals surface area contributed by atoms with Crippen LogP contribution in [0.25, 0.3) is 0 Å². The first-order chi connectivity index (χ1) is 14.9. The van der Waals surface area contributed by atoms with Crippen LogP contribution in [0.2, 0.25) is 0 Å². The summed E-state index contributed by atoms with van der Waals surface area (Å²) in [7, 11) is 1.21. The molecule has 0 spiro atoms. The van der Waals surface area contributed by atoms with Gasteiger partial charge in [-0.25, -0.2) is 9.59 Å². The predicted octanol–water partition coefficient (Wildman–Crippen LogP) is 1.96. The number of hydrogen-bond donors (Lipinski definition) is 2. The van der Waals surface area contributed by atoms with E-state index in [1.54, 1.807) is 27.7 Å². The molecule has 0 radical (unpaired) electrons. The summed E-state index contributed by atoms with van der Waals surface area (Å²) >= 11 is 0. The zero-order valence-electron chi connectivity index (χ0n) is 19.6. The smallest absolute Gasteiger partial charge is 0.408 e. The standard InChI is InChI=1S/C22H34N2O8/c1-12-7-8-14-9-16(12)31-17(25)10-15(23-21(28)32-22(3,4)5)19(26)24-18(20(27)29-6)13(2)30-11-14/h13-15,18H,7-11H2,1-6H3,(H,23,28)(H,24,26)/t13-,14+,15+,18+/m1/s1. The summed E-state index contributed by atoms with van der Waals surface area (Å²) < 4.78 is 21.5. The number of nitrogens with one attached hydrogen (secondary N) is 2. The van der Waals surface area contributed by atoms with E-state index < -0.39 is 54.1 Å². The molecule has 0 aromatic heterocycles. The minimum Gasteiger partial charge on any atom is -0.467 e. The number of esters is 2. The van der Waals surface area contributed by atoms with Gasteiger partial charge in [0.25, 0.3) is 0 Å². The molecule has 1 aliphatic heterocycles. The normalized spacial score (nSPS) is 27.7. The molecular weight excluding hydrogens is 420 g/mol. The van der Waals surface area contributed by atoms with Crippen LogP contribution in [0.4, 0.5) is 4.79 Å². The van der Waals surface area contributed by atoms with Crippen molar-refractivity contribution in [2.45, 2.75) is 84.1 Å². The van der Waals surface area contributed by atoms with Gasteiger partial charge in [-0.3, -0.25) is 9.59 Å². The largest absolute Gasteiger partial charge is 0.467 e. The fourth-order valence-corrected chi connectivity index (χ4v) is 3.51. The maximum atomic E-state index is 13.0. The SMILES string of the molecule is COC(=O)[C@H]1NC(=O)[C@@H](NC(=O)OC(C)(C)C)CC(=O)OC2=C(C)CC[C@H](CO[C@@H]1C)C2. The van der Waals surface area contributed by atoms with Crippen LogP contribution in [0.15, 0.2) is 11.3 Å². The second-order valence-corrected chi connectivity index (χ2v) is 9.24. The van der Waals surface area contributed by atoms with E-state index in [0.717, 1.165) is 18.4 Å². The van der Waals surface area contributed by atoms with Crippen molar-refractivity contribution in [3.8, 4) is 0 Å². The van der Waals surface area contributed by atoms with Crippen molar-refractivity contribution in [1.29, 1.82) is 0 Å². The molecule has 0 aromatic carbocycles. The summed E-state index contributed by atoms with van der Waals surface area (Å²) in [4.78, 5) is 50.2. The number of amides is 2. The number of allylic oxidation sites excluding steroid dienone is 2. The Hall–Kier alpha value is -2.62. The molecule has 2 N–H and O–H groups in total. The van der Waals surface area contributed by atoms with Crippen molar-refractivity contribution >= 4 is 23.9 Å². The van der Waals surface area contributed by atoms with Gasteiger partial charge in [0.05, 0.1) is 26.2 Å². The van der Waals surface area contributed by atoms with Crippen LogP contribution in [0.3, 0.4) is 0 Å². The number of methoxy groups -OCH3 is 1. The van der Waals surface area contributed by atoms with E-state index in [1.807, 2.05) is 6.92 Å². The Morgan fingerprint density at radius 3 is 2.50 bits per heavy atom. The van der Waals surface area contributed by atoms with Gasteiger partial charge >= 0.3 is 18.0 Å². The number of ether oxygens (including phenoxy) is 4. The molecular formula is C22H34N2O8. The molecule has 1 aliphatic carbocycles. The van der Waals surface area contributed by atoms with Gasteiger partial charge in [-0.1, -0.05) is 0 Å². The fourth-order valence-electron chi connectivity index (χ4n) is 3.51. The van der Waals surface area contributed by atoms with Gasteiger partial charge in [-0.2, -0.15) is 0 Å². The maximum Gasteiger partial charge on any atom is 0.408 e. The molecule has 2 rings (SSSR count). The molecule has 1 heterocycles. The van der Waals surface area contributed by atoms with Gasteiger partial charge < -0.3 is 29.6 Å². The number of rotatable bonds is 2. The zero-order chi connectivity index (χ0) is 24.1. The Kier molecular flexibility index (Phi) is 8.65. The van der Waals surface area contributed by atoms with Crippen LogP contribution in [-0.4, -0.2) is 61.4 Å². The lowest BCUT2D eigenvalue weighted by Gasteiger charge is -2.28. The van der Waals surface area contributed by atoms with E-state index in [1.165, 1.54) is 7.11 Å². The third-order valence-corrected chi connectivity index (χ3v) is 5.31. The number of carbonyl (C=O) groups excluding carboxylic acids is 4. The van der Waals surface area contributed by atoms with Crippen LogP contribution in [0, 0.1) is 5.92 Å². The fraction of sp³-hybridized carbons (Fsp3) is 0.727. The first-order valence-electron chi connectivity index (χ1n) is 10.8. The quantitative estimate of drug-likeness (QED) is 0.479. The molecule has 2 amide bonds. The van der Waals surface area contributed by atoms with Crippen molar-refractivity contribution in [3.63, 3.8) is 0 Å². The molecule has 0 unspecified atom stereocenters. The number of alkyl carbamates (subject to hydrolysis) is 1. The molecule has 0 aromatic rings. The van der Waals surface area contributed by atoms with E-state index in [0.29, 0.717) is 18.8 Å². The van der Waals surface area contributed by atoms with Crippen LogP contribution < -0.4 is 10.6 Å². The van der Waals surface area contributed by atoms with Gasteiger partial charge in [0.1, 0.15) is 17.4 Å². The van der Waals surface area contributed by atoms with E-state index in [2.05, 4.69) is 10.6 Å². The minimum absolute atomic E-state index is 0.106. The summed E-state index contributed by atoms with van der Waals surface area (Å²) in [6, 6.07) is -2.44. The predicted molar refractivity (Wildman–Crippen MR) is 113 cm³/mol. The monoisotopic (exact) mass is 454 g/mol. The van der Waals surface area contributed by atoms with Gasteiger partial charge in [-0.05, 0) is 59.0 Å². The van der Waals surface area contributed by atoms with Gasteiger partial charge in [-0.15, -0.1) is 0 Å². The van der Waals surface area contributed by atoms with Crippen molar-refractivity contribution in [3.05, 3.63) is 11.3 Å². The summed E-state index contributed by atoms with van der Waals surface area (Å²) in [5.41, 5.74) is 0.159. The second kappa shape index (κ2) is 10.8. The molecule has 32 heavy (non-hydrogen) atoms. The highest BCUT2D eigenvalue weighted by Gasteiger charge is 2.35. The Morgan fingerprint density at radius 1 is 1.19 bits per heavy atom. The summed E-state index contributed by atoms with van der Waals surface area (Å²) in [6.07, 6.45) is 0.122. The maximum absolute atomic E-state index is 13.0. The average Bonchev–Trinajstić information content (AvgIpc) is 2.69. The summed E-state index contributed by atoms with van der Waals surface area (Å²) in [5, 5.41) is 4.93. The number of carbonyl (C=O) groups is 4. The third-order valence-electron chi connectivity index (χ3n) is 5.31. The first-order valence-corrected chi connectivity index (χ1v) is 10.8. The van der Waals surface area contributed by atoms with E-state index >= 15 is 0 Å². The first kappa shape index (κ1) is 25.6. The molecule has 2 aliphatic rings. The Labute approximate surface area is 188 Å². The minimum atomic E-state index is -1.32. The topological polar surface area (TPSA) is 129 Å². The van der Waals surface area contributed by atoms with E-state index in [9.17, 15) is 19.2 Å². The number of hydrogen-bond acceptors (Lipinski definition) is 8.